The van der Waals surface area contributed by atoms with Gasteiger partial charge in [0, 0.05) is 12.6 Å². The molecule has 0 aliphatic rings. The Labute approximate surface area is 210 Å². The number of carbonyl (C=O) groups excluding carboxylic acids is 2. The fourth-order valence-electron chi connectivity index (χ4n) is 3.85. The lowest BCUT2D eigenvalue weighted by Gasteiger charge is -2.33. The lowest BCUT2D eigenvalue weighted by atomic mass is 10.1. The molecule has 1 N–H and O–H groups in total. The SMILES string of the molecule is CCC(C)NC(=O)C(CC)N(Cc1ccc(C)cc1)C(=O)CN(c1cccc(C)c1C)S(C)(=O)=O. The number of carbonyl (C=O) groups is 2. The number of amides is 2. The van der Waals surface area contributed by atoms with E-state index < -0.39 is 22.0 Å². The summed E-state index contributed by atoms with van der Waals surface area (Å²) in [5.74, 6) is -0.664. The van der Waals surface area contributed by atoms with Crippen LogP contribution in [0.3, 0.4) is 0 Å². The molecule has 2 aromatic carbocycles. The Kier molecular flexibility index (Phi) is 9.89. The highest BCUT2D eigenvalue weighted by Crippen LogP contribution is 2.25. The Hall–Kier alpha value is -2.87. The van der Waals surface area contributed by atoms with Crippen molar-refractivity contribution in [3.63, 3.8) is 0 Å². The number of rotatable bonds is 11. The van der Waals surface area contributed by atoms with Crippen LogP contribution in [0.1, 0.15) is 55.9 Å². The molecule has 0 radical (unpaired) electrons. The average molecular weight is 502 g/mol. The largest absolute Gasteiger partial charge is 0.352 e. The average Bonchev–Trinajstić information content (AvgIpc) is 2.79. The number of aryl methyl sites for hydroxylation is 2. The summed E-state index contributed by atoms with van der Waals surface area (Å²) >= 11 is 0. The van der Waals surface area contributed by atoms with Crippen LogP contribution in [0.15, 0.2) is 42.5 Å². The Balaban J connectivity index is 2.47. The molecule has 2 aromatic rings. The second-order valence-corrected chi connectivity index (χ2v) is 11.1. The fourth-order valence-corrected chi connectivity index (χ4v) is 4.75. The van der Waals surface area contributed by atoms with Crippen molar-refractivity contribution >= 4 is 27.5 Å². The zero-order valence-corrected chi connectivity index (χ0v) is 22.8. The normalized spacial score (nSPS) is 13.1. The van der Waals surface area contributed by atoms with Gasteiger partial charge in [0.25, 0.3) is 0 Å². The van der Waals surface area contributed by atoms with Gasteiger partial charge in [-0.1, -0.05) is 55.8 Å². The molecule has 0 fully saturated rings. The number of nitrogens with zero attached hydrogens (tertiary/aromatic N) is 2. The summed E-state index contributed by atoms with van der Waals surface area (Å²) in [6, 6.07) is 12.4. The second kappa shape index (κ2) is 12.2. The molecule has 192 valence electrons. The molecule has 0 saturated heterocycles. The molecule has 0 saturated carbocycles. The molecule has 2 unspecified atom stereocenters. The molecule has 7 nitrogen and oxygen atoms in total. The number of hydrogen-bond donors (Lipinski definition) is 1. The van der Waals surface area contributed by atoms with E-state index in [0.29, 0.717) is 12.1 Å². The summed E-state index contributed by atoms with van der Waals surface area (Å²) in [4.78, 5) is 28.4. The van der Waals surface area contributed by atoms with Crippen molar-refractivity contribution in [1.82, 2.24) is 10.2 Å². The molecule has 35 heavy (non-hydrogen) atoms. The monoisotopic (exact) mass is 501 g/mol. The van der Waals surface area contributed by atoms with Gasteiger partial charge >= 0.3 is 0 Å². The summed E-state index contributed by atoms with van der Waals surface area (Å²) in [7, 11) is -3.75. The van der Waals surface area contributed by atoms with Crippen LogP contribution in [0.2, 0.25) is 0 Å². The van der Waals surface area contributed by atoms with Gasteiger partial charge in [0.05, 0.1) is 11.9 Å². The van der Waals surface area contributed by atoms with E-state index >= 15 is 0 Å². The van der Waals surface area contributed by atoms with Gasteiger partial charge in [-0.05, 0) is 63.3 Å². The van der Waals surface area contributed by atoms with Crippen LogP contribution in [-0.2, 0) is 26.2 Å². The van der Waals surface area contributed by atoms with Crippen molar-refractivity contribution in [2.75, 3.05) is 17.1 Å². The minimum atomic E-state index is -3.75. The first-order valence-electron chi connectivity index (χ1n) is 12.1. The minimum absolute atomic E-state index is 0.0321. The Morgan fingerprint density at radius 1 is 0.971 bits per heavy atom. The molecular weight excluding hydrogens is 462 g/mol. The van der Waals surface area contributed by atoms with Gasteiger partial charge in [-0.15, -0.1) is 0 Å². The summed E-state index contributed by atoms with van der Waals surface area (Å²) in [6.45, 7) is 11.3. The van der Waals surface area contributed by atoms with E-state index in [1.165, 1.54) is 4.90 Å². The summed E-state index contributed by atoms with van der Waals surface area (Å²) in [6.07, 6.45) is 2.27. The number of sulfonamides is 1. The van der Waals surface area contributed by atoms with Crippen LogP contribution in [-0.4, -0.2) is 50.0 Å². The molecule has 0 aliphatic carbocycles. The van der Waals surface area contributed by atoms with Crippen LogP contribution in [0, 0.1) is 20.8 Å². The highest BCUT2D eigenvalue weighted by atomic mass is 32.2. The molecule has 0 spiro atoms. The molecule has 0 aromatic heterocycles. The van der Waals surface area contributed by atoms with Crippen LogP contribution in [0.4, 0.5) is 5.69 Å². The number of benzene rings is 2. The number of hydrogen-bond acceptors (Lipinski definition) is 4. The molecule has 2 atom stereocenters. The van der Waals surface area contributed by atoms with Gasteiger partial charge in [-0.25, -0.2) is 8.42 Å². The fraction of sp³-hybridized carbons (Fsp3) is 0.481. The van der Waals surface area contributed by atoms with Crippen LogP contribution in [0.25, 0.3) is 0 Å². The van der Waals surface area contributed by atoms with E-state index in [-0.39, 0.29) is 25.0 Å². The standard InChI is InChI=1S/C27H39N3O4S/c1-8-21(5)28-27(32)24(9-2)29(17-23-15-13-19(3)14-16-23)26(31)18-30(35(7,33)34)25-12-10-11-20(4)22(25)6/h10-16,21,24H,8-9,17-18H2,1-7H3,(H,28,32). The van der Waals surface area contributed by atoms with Crippen molar-refractivity contribution in [2.24, 2.45) is 0 Å². The number of anilines is 1. The Morgan fingerprint density at radius 2 is 1.60 bits per heavy atom. The molecule has 0 heterocycles. The maximum Gasteiger partial charge on any atom is 0.244 e. The van der Waals surface area contributed by atoms with Crippen LogP contribution in [0.5, 0.6) is 0 Å². The lowest BCUT2D eigenvalue weighted by Crippen LogP contribution is -2.53. The van der Waals surface area contributed by atoms with Crippen molar-refractivity contribution in [3.05, 3.63) is 64.7 Å². The van der Waals surface area contributed by atoms with E-state index in [0.717, 1.165) is 39.2 Å². The highest BCUT2D eigenvalue weighted by molar-refractivity contribution is 7.92. The first-order valence-corrected chi connectivity index (χ1v) is 13.9. The summed E-state index contributed by atoms with van der Waals surface area (Å²) in [5, 5.41) is 2.98. The van der Waals surface area contributed by atoms with Gasteiger partial charge in [-0.3, -0.25) is 13.9 Å². The molecule has 2 rings (SSSR count). The van der Waals surface area contributed by atoms with E-state index in [1.54, 1.807) is 12.1 Å². The van der Waals surface area contributed by atoms with E-state index in [1.807, 2.05) is 71.9 Å². The zero-order valence-electron chi connectivity index (χ0n) is 22.0. The van der Waals surface area contributed by atoms with Gasteiger partial charge in [0.15, 0.2) is 0 Å². The number of nitrogens with one attached hydrogen (secondary N) is 1. The van der Waals surface area contributed by atoms with Crippen molar-refractivity contribution < 1.29 is 18.0 Å². The van der Waals surface area contributed by atoms with Gasteiger partial charge in [0.2, 0.25) is 21.8 Å². The first-order chi connectivity index (χ1) is 16.4. The third-order valence-electron chi connectivity index (χ3n) is 6.38. The van der Waals surface area contributed by atoms with Crippen LogP contribution >= 0.6 is 0 Å². The summed E-state index contributed by atoms with van der Waals surface area (Å²) in [5.41, 5.74) is 4.15. The van der Waals surface area contributed by atoms with Crippen molar-refractivity contribution in [2.45, 2.75) is 73.0 Å². The molecular formula is C27H39N3O4S. The Bertz CT molecular complexity index is 1130. The van der Waals surface area contributed by atoms with E-state index in [9.17, 15) is 18.0 Å². The first kappa shape index (κ1) is 28.4. The Morgan fingerprint density at radius 3 is 2.14 bits per heavy atom. The quantitative estimate of drug-likeness (QED) is 0.502. The van der Waals surface area contributed by atoms with Crippen molar-refractivity contribution in [3.8, 4) is 0 Å². The van der Waals surface area contributed by atoms with Crippen molar-refractivity contribution in [1.29, 1.82) is 0 Å². The molecule has 0 aliphatic heterocycles. The second-order valence-electron chi connectivity index (χ2n) is 9.24. The molecule has 2 amide bonds. The third-order valence-corrected chi connectivity index (χ3v) is 7.51. The minimum Gasteiger partial charge on any atom is -0.352 e. The van der Waals surface area contributed by atoms with E-state index in [4.69, 9.17) is 0 Å². The maximum atomic E-state index is 13.7. The topological polar surface area (TPSA) is 86.8 Å². The van der Waals surface area contributed by atoms with Gasteiger partial charge in [-0.2, -0.15) is 0 Å². The lowest BCUT2D eigenvalue weighted by molar-refractivity contribution is -0.140. The van der Waals surface area contributed by atoms with Gasteiger partial charge < -0.3 is 10.2 Å². The zero-order chi connectivity index (χ0) is 26.3. The van der Waals surface area contributed by atoms with E-state index in [2.05, 4.69) is 5.32 Å². The smallest absolute Gasteiger partial charge is 0.244 e. The van der Waals surface area contributed by atoms with Gasteiger partial charge in [0.1, 0.15) is 12.6 Å². The highest BCUT2D eigenvalue weighted by Gasteiger charge is 2.32. The molecule has 8 heteroatoms. The van der Waals surface area contributed by atoms with Crippen LogP contribution < -0.4 is 9.62 Å². The predicted molar refractivity (Wildman–Crippen MR) is 142 cm³/mol. The third kappa shape index (κ3) is 7.56. The predicted octanol–water partition coefficient (Wildman–Crippen LogP) is 4.10. The summed E-state index contributed by atoms with van der Waals surface area (Å²) < 4.78 is 26.7. The maximum absolute atomic E-state index is 13.7. The molecule has 0 bridgehead atoms.